The Morgan fingerprint density at radius 1 is 1.15 bits per heavy atom. The van der Waals surface area contributed by atoms with Gasteiger partial charge in [0, 0.05) is 17.7 Å². The standard InChI is InChI=1S/C18H13Cl2NO6/c1-26-17-6-4-12(9-14(17)20)16(22)10-27-18(23)7-3-11-2-5-13(19)15(8-11)21(24)25/h2-9H,10H2,1H3/b7-3+. The van der Waals surface area contributed by atoms with E-state index in [1.54, 1.807) is 0 Å². The predicted octanol–water partition coefficient (Wildman–Crippen LogP) is 4.35. The molecule has 0 aliphatic heterocycles. The fourth-order valence-corrected chi connectivity index (χ4v) is 2.49. The number of methoxy groups -OCH3 is 1. The molecule has 0 spiro atoms. The Hall–Kier alpha value is -2.90. The van der Waals surface area contributed by atoms with Crippen molar-refractivity contribution in [2.45, 2.75) is 0 Å². The van der Waals surface area contributed by atoms with Gasteiger partial charge in [-0.1, -0.05) is 29.3 Å². The number of Topliss-reactive ketones (excluding diaryl/α,β-unsaturated/α-hetero) is 1. The first-order valence-electron chi connectivity index (χ1n) is 7.47. The molecule has 0 heterocycles. The van der Waals surface area contributed by atoms with E-state index in [1.165, 1.54) is 49.6 Å². The molecule has 0 aliphatic carbocycles. The number of hydrogen-bond donors (Lipinski definition) is 0. The lowest BCUT2D eigenvalue weighted by atomic mass is 10.1. The lowest BCUT2D eigenvalue weighted by molar-refractivity contribution is -0.384. The summed E-state index contributed by atoms with van der Waals surface area (Å²) in [5.41, 5.74) is 0.376. The number of nitro groups is 1. The van der Waals surface area contributed by atoms with Crippen LogP contribution in [0.1, 0.15) is 15.9 Å². The van der Waals surface area contributed by atoms with Gasteiger partial charge in [0.2, 0.25) is 0 Å². The van der Waals surface area contributed by atoms with Crippen LogP contribution >= 0.6 is 23.2 Å². The maximum Gasteiger partial charge on any atom is 0.331 e. The zero-order chi connectivity index (χ0) is 20.0. The zero-order valence-electron chi connectivity index (χ0n) is 14.0. The van der Waals surface area contributed by atoms with Gasteiger partial charge >= 0.3 is 5.97 Å². The van der Waals surface area contributed by atoms with Gasteiger partial charge in [0.05, 0.1) is 17.1 Å². The van der Waals surface area contributed by atoms with Crippen molar-refractivity contribution in [3.05, 3.63) is 73.8 Å². The minimum atomic E-state index is -0.777. The summed E-state index contributed by atoms with van der Waals surface area (Å²) in [5, 5.41) is 11.1. The molecule has 7 nitrogen and oxygen atoms in total. The third kappa shape index (κ3) is 5.54. The van der Waals surface area contributed by atoms with Crippen molar-refractivity contribution < 1.29 is 24.0 Å². The second-order valence-electron chi connectivity index (χ2n) is 5.18. The first-order valence-corrected chi connectivity index (χ1v) is 8.23. The Morgan fingerprint density at radius 2 is 1.89 bits per heavy atom. The number of ether oxygens (including phenoxy) is 2. The van der Waals surface area contributed by atoms with Gasteiger partial charge < -0.3 is 9.47 Å². The number of ketones is 1. The van der Waals surface area contributed by atoms with Crippen LogP contribution in [0.25, 0.3) is 6.08 Å². The van der Waals surface area contributed by atoms with E-state index in [0.717, 1.165) is 6.08 Å². The van der Waals surface area contributed by atoms with Crippen LogP contribution < -0.4 is 4.74 Å². The normalized spacial score (nSPS) is 10.6. The van der Waals surface area contributed by atoms with E-state index in [0.29, 0.717) is 11.3 Å². The Bertz CT molecular complexity index is 926. The molecule has 9 heteroatoms. The third-order valence-corrected chi connectivity index (χ3v) is 4.01. The molecule has 140 valence electrons. The number of carbonyl (C=O) groups excluding carboxylic acids is 2. The highest BCUT2D eigenvalue weighted by Crippen LogP contribution is 2.26. The van der Waals surface area contributed by atoms with Crippen molar-refractivity contribution in [2.75, 3.05) is 13.7 Å². The van der Waals surface area contributed by atoms with Crippen molar-refractivity contribution in [3.8, 4) is 5.75 Å². The van der Waals surface area contributed by atoms with E-state index in [-0.39, 0.29) is 21.3 Å². The van der Waals surface area contributed by atoms with E-state index in [4.69, 9.17) is 32.7 Å². The summed E-state index contributed by atoms with van der Waals surface area (Å²) in [7, 11) is 1.45. The minimum absolute atomic E-state index is 0.0107. The molecule has 0 saturated heterocycles. The number of esters is 1. The highest BCUT2D eigenvalue weighted by Gasteiger charge is 2.13. The van der Waals surface area contributed by atoms with E-state index < -0.39 is 23.3 Å². The molecule has 2 aromatic carbocycles. The van der Waals surface area contributed by atoms with E-state index in [1.807, 2.05) is 0 Å². The zero-order valence-corrected chi connectivity index (χ0v) is 15.5. The summed E-state index contributed by atoms with van der Waals surface area (Å²) in [6, 6.07) is 8.52. The molecule has 0 bridgehead atoms. The highest BCUT2D eigenvalue weighted by molar-refractivity contribution is 6.33. The Kier molecular flexibility index (Phi) is 6.92. The second kappa shape index (κ2) is 9.16. The van der Waals surface area contributed by atoms with Gasteiger partial charge in [-0.2, -0.15) is 0 Å². The number of nitro benzene ring substituents is 1. The lowest BCUT2D eigenvalue weighted by Crippen LogP contribution is -2.12. The molecule has 2 aromatic rings. The van der Waals surface area contributed by atoms with Crippen molar-refractivity contribution in [1.82, 2.24) is 0 Å². The lowest BCUT2D eigenvalue weighted by Gasteiger charge is -2.05. The fourth-order valence-electron chi connectivity index (χ4n) is 2.05. The molecule has 0 radical (unpaired) electrons. The number of hydrogen-bond acceptors (Lipinski definition) is 6. The minimum Gasteiger partial charge on any atom is -0.495 e. The number of nitrogens with zero attached hydrogens (tertiary/aromatic N) is 1. The first kappa shape index (κ1) is 20.4. The van der Waals surface area contributed by atoms with E-state index in [2.05, 4.69) is 0 Å². The molecule has 0 unspecified atom stereocenters. The third-order valence-electron chi connectivity index (χ3n) is 3.40. The van der Waals surface area contributed by atoms with Gasteiger partial charge in [-0.15, -0.1) is 0 Å². The van der Waals surface area contributed by atoms with E-state index in [9.17, 15) is 19.7 Å². The summed E-state index contributed by atoms with van der Waals surface area (Å²) in [6.07, 6.45) is 2.38. The number of rotatable bonds is 7. The van der Waals surface area contributed by atoms with Crippen LogP contribution in [0.4, 0.5) is 5.69 Å². The predicted molar refractivity (Wildman–Crippen MR) is 100 cm³/mol. The van der Waals surface area contributed by atoms with Gasteiger partial charge in [-0.25, -0.2) is 4.79 Å². The monoisotopic (exact) mass is 409 g/mol. The maximum atomic E-state index is 12.0. The average Bonchev–Trinajstić information content (AvgIpc) is 2.65. The molecule has 0 N–H and O–H groups in total. The van der Waals surface area contributed by atoms with Crippen LogP contribution in [0, 0.1) is 10.1 Å². The largest absolute Gasteiger partial charge is 0.495 e. The first-order chi connectivity index (χ1) is 12.8. The quantitative estimate of drug-likeness (QED) is 0.221. The molecule has 0 aromatic heterocycles. The van der Waals surface area contributed by atoms with Crippen molar-refractivity contribution in [1.29, 1.82) is 0 Å². The highest BCUT2D eigenvalue weighted by atomic mass is 35.5. The van der Waals surface area contributed by atoms with Crippen LogP contribution in [-0.2, 0) is 9.53 Å². The van der Waals surface area contributed by atoms with Gasteiger partial charge in [0.1, 0.15) is 10.8 Å². The van der Waals surface area contributed by atoms with Gasteiger partial charge in [-0.3, -0.25) is 14.9 Å². The Morgan fingerprint density at radius 3 is 2.52 bits per heavy atom. The topological polar surface area (TPSA) is 95.7 Å². The smallest absolute Gasteiger partial charge is 0.331 e. The molecule has 2 rings (SSSR count). The molecular formula is C18H13Cl2NO6. The molecular weight excluding hydrogens is 397 g/mol. The molecule has 0 amide bonds. The Labute approximate surface area is 164 Å². The van der Waals surface area contributed by atoms with E-state index >= 15 is 0 Å². The van der Waals surface area contributed by atoms with Gasteiger partial charge in [0.15, 0.2) is 12.4 Å². The SMILES string of the molecule is COc1ccc(C(=O)COC(=O)/C=C/c2ccc(Cl)c([N+](=O)[O-])c2)cc1Cl. The summed E-state index contributed by atoms with van der Waals surface area (Å²) < 4.78 is 9.86. The van der Waals surface area contributed by atoms with Crippen LogP contribution in [0.3, 0.4) is 0 Å². The van der Waals surface area contributed by atoms with Crippen molar-refractivity contribution in [3.63, 3.8) is 0 Å². The molecule has 0 aliphatic rings. The summed E-state index contributed by atoms with van der Waals surface area (Å²) in [6.45, 7) is -0.480. The Balaban J connectivity index is 1.97. The molecule has 0 fully saturated rings. The van der Waals surface area contributed by atoms with Gasteiger partial charge in [0.25, 0.3) is 5.69 Å². The molecule has 0 atom stereocenters. The number of benzene rings is 2. The average molecular weight is 410 g/mol. The molecule has 27 heavy (non-hydrogen) atoms. The van der Waals surface area contributed by atoms with Crippen molar-refractivity contribution >= 4 is 46.7 Å². The van der Waals surface area contributed by atoms with Crippen LogP contribution in [0.15, 0.2) is 42.5 Å². The summed E-state index contributed by atoms with van der Waals surface area (Å²) >= 11 is 11.7. The molecule has 0 saturated carbocycles. The fraction of sp³-hybridized carbons (Fsp3) is 0.111. The summed E-state index contributed by atoms with van der Waals surface area (Å²) in [5.74, 6) is -0.797. The maximum absolute atomic E-state index is 12.0. The second-order valence-corrected chi connectivity index (χ2v) is 6.00. The number of halogens is 2. The summed E-state index contributed by atoms with van der Waals surface area (Å²) in [4.78, 5) is 34.0. The number of carbonyl (C=O) groups is 2. The van der Waals surface area contributed by atoms with Gasteiger partial charge in [-0.05, 0) is 35.9 Å². The van der Waals surface area contributed by atoms with Crippen LogP contribution in [0.5, 0.6) is 5.75 Å². The van der Waals surface area contributed by atoms with Crippen molar-refractivity contribution in [2.24, 2.45) is 0 Å². The van der Waals surface area contributed by atoms with Crippen LogP contribution in [0.2, 0.25) is 10.0 Å². The van der Waals surface area contributed by atoms with Crippen LogP contribution in [-0.4, -0.2) is 30.4 Å².